The Bertz CT molecular complexity index is 940. The zero-order chi connectivity index (χ0) is 22.4. The molecule has 0 saturated carbocycles. The summed E-state index contributed by atoms with van der Waals surface area (Å²) in [6, 6.07) is 14.7. The lowest BCUT2D eigenvalue weighted by Gasteiger charge is -2.22. The highest BCUT2D eigenvalue weighted by atomic mass is 16.5. The third-order valence-corrected chi connectivity index (χ3v) is 5.54. The van der Waals surface area contributed by atoms with Crippen molar-refractivity contribution in [3.05, 3.63) is 65.2 Å². The predicted molar refractivity (Wildman–Crippen MR) is 118 cm³/mol. The highest BCUT2D eigenvalue weighted by Gasteiger charge is 2.49. The van der Waals surface area contributed by atoms with Crippen LogP contribution in [0.3, 0.4) is 0 Å². The van der Waals surface area contributed by atoms with Crippen molar-refractivity contribution in [1.29, 1.82) is 0 Å². The van der Waals surface area contributed by atoms with Gasteiger partial charge in [-0.1, -0.05) is 49.7 Å². The Morgan fingerprint density at radius 2 is 1.65 bits per heavy atom. The molecule has 1 aliphatic rings. The maximum atomic E-state index is 13.0. The number of urea groups is 1. The van der Waals surface area contributed by atoms with Gasteiger partial charge in [-0.25, -0.2) is 4.79 Å². The topological polar surface area (TPSA) is 87.7 Å². The first kappa shape index (κ1) is 22.3. The summed E-state index contributed by atoms with van der Waals surface area (Å²) in [6.45, 7) is 3.88. The Labute approximate surface area is 182 Å². The molecule has 0 unspecified atom stereocenters. The van der Waals surface area contributed by atoms with Crippen LogP contribution >= 0.6 is 0 Å². The number of amides is 4. The molecule has 3 rings (SSSR count). The monoisotopic (exact) mass is 423 g/mol. The van der Waals surface area contributed by atoms with Crippen molar-refractivity contribution in [3.8, 4) is 5.75 Å². The Hall–Kier alpha value is -3.35. The van der Waals surface area contributed by atoms with Gasteiger partial charge in [0.2, 0.25) is 5.91 Å². The van der Waals surface area contributed by atoms with E-state index in [1.807, 2.05) is 48.5 Å². The third kappa shape index (κ3) is 5.05. The second-order valence-corrected chi connectivity index (χ2v) is 7.84. The molecular weight excluding hydrogens is 394 g/mol. The molecule has 2 aromatic rings. The van der Waals surface area contributed by atoms with Crippen LogP contribution in [0.5, 0.6) is 5.75 Å². The van der Waals surface area contributed by atoms with Gasteiger partial charge >= 0.3 is 6.03 Å². The molecule has 0 bridgehead atoms. The summed E-state index contributed by atoms with van der Waals surface area (Å²) in [5.41, 5.74) is 1.76. The fourth-order valence-corrected chi connectivity index (χ4v) is 3.67. The van der Waals surface area contributed by atoms with E-state index >= 15 is 0 Å². The number of rotatable bonds is 9. The lowest BCUT2D eigenvalue weighted by Crippen LogP contribution is -2.43. The predicted octanol–water partition coefficient (Wildman–Crippen LogP) is 2.77. The minimum Gasteiger partial charge on any atom is -0.497 e. The molecule has 1 atom stereocenters. The van der Waals surface area contributed by atoms with Crippen LogP contribution in [-0.2, 0) is 28.0 Å². The number of methoxy groups -OCH3 is 1. The summed E-state index contributed by atoms with van der Waals surface area (Å²) in [6.07, 6.45) is 2.63. The van der Waals surface area contributed by atoms with Crippen LogP contribution in [0, 0.1) is 0 Å². The molecule has 0 aliphatic carbocycles. The first-order chi connectivity index (χ1) is 14.9. The van der Waals surface area contributed by atoms with Crippen LogP contribution in [0.1, 0.15) is 37.0 Å². The summed E-state index contributed by atoms with van der Waals surface area (Å²) in [7, 11) is 1.61. The lowest BCUT2D eigenvalue weighted by atomic mass is 9.91. The molecule has 0 radical (unpaired) electrons. The van der Waals surface area contributed by atoms with Crippen LogP contribution < -0.4 is 15.4 Å². The molecule has 31 heavy (non-hydrogen) atoms. The molecule has 0 aromatic heterocycles. The molecule has 2 N–H and O–H groups in total. The largest absolute Gasteiger partial charge is 0.497 e. The third-order valence-electron chi connectivity index (χ3n) is 5.54. The fraction of sp³-hybridized carbons (Fsp3) is 0.375. The van der Waals surface area contributed by atoms with Crippen molar-refractivity contribution in [2.45, 2.75) is 38.6 Å². The second kappa shape index (κ2) is 9.64. The Morgan fingerprint density at radius 3 is 2.26 bits per heavy atom. The first-order valence-corrected chi connectivity index (χ1v) is 10.5. The molecule has 7 heteroatoms. The van der Waals surface area contributed by atoms with Crippen LogP contribution in [0.25, 0.3) is 0 Å². The zero-order valence-corrected chi connectivity index (χ0v) is 18.2. The number of carbonyl (C=O) groups is 3. The number of benzene rings is 2. The summed E-state index contributed by atoms with van der Waals surface area (Å²) in [4.78, 5) is 38.7. The highest BCUT2D eigenvalue weighted by molar-refractivity contribution is 6.09. The van der Waals surface area contributed by atoms with Crippen LogP contribution in [0.2, 0.25) is 0 Å². The average Bonchev–Trinajstić information content (AvgIpc) is 2.99. The molecule has 4 amide bonds. The van der Waals surface area contributed by atoms with Crippen molar-refractivity contribution in [1.82, 2.24) is 15.5 Å². The van der Waals surface area contributed by atoms with Gasteiger partial charge in [0, 0.05) is 6.54 Å². The number of hydrogen-bond donors (Lipinski definition) is 2. The smallest absolute Gasteiger partial charge is 0.325 e. The van der Waals surface area contributed by atoms with E-state index in [9.17, 15) is 14.4 Å². The van der Waals surface area contributed by atoms with Crippen molar-refractivity contribution >= 4 is 17.8 Å². The van der Waals surface area contributed by atoms with E-state index < -0.39 is 17.5 Å². The average molecular weight is 424 g/mol. The van der Waals surface area contributed by atoms with Crippen LogP contribution in [0.4, 0.5) is 4.79 Å². The van der Waals surface area contributed by atoms with E-state index in [1.165, 1.54) is 5.56 Å². The van der Waals surface area contributed by atoms with E-state index in [4.69, 9.17) is 4.74 Å². The number of hydrogen-bond acceptors (Lipinski definition) is 4. The Kier molecular flexibility index (Phi) is 6.95. The SMILES string of the molecule is CCCc1ccc([C@]2(C)NC(=O)N(CC(=O)NCCc3ccc(OC)cc3)C2=O)cc1. The van der Waals surface area contributed by atoms with Crippen LogP contribution in [0.15, 0.2) is 48.5 Å². The molecule has 164 valence electrons. The van der Waals surface area contributed by atoms with Gasteiger partial charge in [0.05, 0.1) is 7.11 Å². The number of aryl methyl sites for hydroxylation is 1. The summed E-state index contributed by atoms with van der Waals surface area (Å²) < 4.78 is 5.13. The Morgan fingerprint density at radius 1 is 1.03 bits per heavy atom. The standard InChI is InChI=1S/C24H29N3O4/c1-4-5-17-6-10-19(11-7-17)24(2)22(29)27(23(30)26-24)16-21(28)25-15-14-18-8-12-20(31-3)13-9-18/h6-13H,4-5,14-16H2,1-3H3,(H,25,28)(H,26,30)/t24-/m0/s1. The van der Waals surface area contributed by atoms with E-state index in [0.29, 0.717) is 18.5 Å². The van der Waals surface area contributed by atoms with E-state index in [2.05, 4.69) is 17.6 Å². The number of ether oxygens (including phenoxy) is 1. The number of nitrogens with one attached hydrogen (secondary N) is 2. The summed E-state index contributed by atoms with van der Waals surface area (Å²) >= 11 is 0. The number of nitrogens with zero attached hydrogens (tertiary/aromatic N) is 1. The summed E-state index contributed by atoms with van der Waals surface area (Å²) in [5, 5.41) is 5.51. The fourth-order valence-electron chi connectivity index (χ4n) is 3.67. The summed E-state index contributed by atoms with van der Waals surface area (Å²) in [5.74, 6) is -0.0278. The van der Waals surface area contributed by atoms with Gasteiger partial charge in [-0.15, -0.1) is 0 Å². The molecule has 1 heterocycles. The highest BCUT2D eigenvalue weighted by Crippen LogP contribution is 2.29. The second-order valence-electron chi connectivity index (χ2n) is 7.84. The van der Waals surface area contributed by atoms with Gasteiger partial charge in [0.25, 0.3) is 5.91 Å². The minimum absolute atomic E-state index is 0.309. The van der Waals surface area contributed by atoms with Crippen LogP contribution in [-0.4, -0.2) is 42.9 Å². The van der Waals surface area contributed by atoms with E-state index in [1.54, 1.807) is 14.0 Å². The van der Waals surface area contributed by atoms with Gasteiger partial charge in [0.15, 0.2) is 0 Å². The maximum Gasteiger partial charge on any atom is 0.325 e. The maximum absolute atomic E-state index is 13.0. The van der Waals surface area contributed by atoms with Crippen molar-refractivity contribution in [2.75, 3.05) is 20.2 Å². The van der Waals surface area contributed by atoms with Gasteiger partial charge < -0.3 is 15.4 Å². The number of carbonyl (C=O) groups excluding carboxylic acids is 3. The molecule has 2 aromatic carbocycles. The van der Waals surface area contributed by atoms with Gasteiger partial charge in [-0.3, -0.25) is 14.5 Å². The first-order valence-electron chi connectivity index (χ1n) is 10.5. The van der Waals surface area contributed by atoms with Gasteiger partial charge in [-0.2, -0.15) is 0 Å². The van der Waals surface area contributed by atoms with Crippen molar-refractivity contribution in [2.24, 2.45) is 0 Å². The molecule has 1 fully saturated rings. The lowest BCUT2D eigenvalue weighted by molar-refractivity contribution is -0.134. The normalized spacial score (nSPS) is 18.1. The molecule has 7 nitrogen and oxygen atoms in total. The van der Waals surface area contributed by atoms with E-state index in [0.717, 1.165) is 29.1 Å². The molecule has 0 spiro atoms. The van der Waals surface area contributed by atoms with E-state index in [-0.39, 0.29) is 12.5 Å². The number of imide groups is 1. The molecule has 1 saturated heterocycles. The molecular formula is C24H29N3O4. The Balaban J connectivity index is 1.56. The van der Waals surface area contributed by atoms with Crippen molar-refractivity contribution in [3.63, 3.8) is 0 Å². The molecule has 1 aliphatic heterocycles. The van der Waals surface area contributed by atoms with Gasteiger partial charge in [0.1, 0.15) is 17.8 Å². The zero-order valence-electron chi connectivity index (χ0n) is 18.2. The quantitative estimate of drug-likeness (QED) is 0.607. The minimum atomic E-state index is -1.18. The van der Waals surface area contributed by atoms with Crippen molar-refractivity contribution < 1.29 is 19.1 Å². The van der Waals surface area contributed by atoms with Gasteiger partial charge in [-0.05, 0) is 48.6 Å².